The van der Waals surface area contributed by atoms with E-state index in [1.807, 2.05) is 39.0 Å². The molecule has 0 aliphatic carbocycles. The van der Waals surface area contributed by atoms with E-state index >= 15 is 0 Å². The minimum Gasteiger partial charge on any atom is -0.493 e. The summed E-state index contributed by atoms with van der Waals surface area (Å²) in [4.78, 5) is 12.3. The van der Waals surface area contributed by atoms with Crippen LogP contribution in [0.2, 0.25) is 0 Å². The highest BCUT2D eigenvalue weighted by Gasteiger charge is 2.43. The average Bonchev–Trinajstić information content (AvgIpc) is 2.58. The zero-order chi connectivity index (χ0) is 21.2. The molecule has 2 unspecified atom stereocenters. The van der Waals surface area contributed by atoms with E-state index in [4.69, 9.17) is 14.2 Å². The molecule has 154 valence electrons. The van der Waals surface area contributed by atoms with Crippen LogP contribution >= 0.6 is 12.6 Å². The van der Waals surface area contributed by atoms with Gasteiger partial charge in [-0.15, -0.1) is 0 Å². The molecule has 0 saturated carbocycles. The second-order valence-electron chi connectivity index (χ2n) is 8.60. The molecular formula is C22H30O5S. The summed E-state index contributed by atoms with van der Waals surface area (Å²) in [6, 6.07) is 5.52. The fourth-order valence-corrected chi connectivity index (χ4v) is 2.38. The third kappa shape index (κ3) is 5.55. The number of ether oxygens (including phenoxy) is 3. The van der Waals surface area contributed by atoms with Crippen LogP contribution in [-0.2, 0) is 9.53 Å². The molecule has 1 aliphatic heterocycles. The molecule has 1 N–H and O–H groups in total. The Balaban J connectivity index is 1.85. The molecule has 1 aromatic rings. The van der Waals surface area contributed by atoms with Crippen molar-refractivity contribution in [1.29, 1.82) is 0 Å². The lowest BCUT2D eigenvalue weighted by Crippen LogP contribution is -2.45. The van der Waals surface area contributed by atoms with Crippen molar-refractivity contribution in [3.63, 3.8) is 0 Å². The number of benzene rings is 1. The van der Waals surface area contributed by atoms with Crippen molar-refractivity contribution < 1.29 is 24.1 Å². The highest BCUT2D eigenvalue weighted by Crippen LogP contribution is 2.37. The van der Waals surface area contributed by atoms with Gasteiger partial charge in [0.25, 0.3) is 0 Å². The molecule has 0 bridgehead atoms. The molecule has 0 saturated heterocycles. The number of carbonyl (C=O) groups excluding carboxylic acids is 1. The summed E-state index contributed by atoms with van der Waals surface area (Å²) >= 11 is 4.45. The predicted octanol–water partition coefficient (Wildman–Crippen LogP) is 4.40. The number of aliphatic hydroxyl groups is 1. The Hall–Kier alpha value is -1.92. The molecule has 1 aliphatic rings. The van der Waals surface area contributed by atoms with Crippen molar-refractivity contribution in [3.8, 4) is 11.5 Å². The lowest BCUT2D eigenvalue weighted by Gasteiger charge is -2.36. The van der Waals surface area contributed by atoms with Crippen LogP contribution in [0.3, 0.4) is 0 Å². The van der Waals surface area contributed by atoms with Crippen molar-refractivity contribution >= 4 is 24.7 Å². The van der Waals surface area contributed by atoms with Gasteiger partial charge in [-0.05, 0) is 43.5 Å². The second kappa shape index (κ2) is 8.21. The number of hydrogen-bond acceptors (Lipinski definition) is 6. The van der Waals surface area contributed by atoms with Crippen molar-refractivity contribution in [3.05, 3.63) is 42.2 Å². The molecule has 1 aromatic carbocycles. The van der Waals surface area contributed by atoms with Gasteiger partial charge in [-0.25, -0.2) is 0 Å². The summed E-state index contributed by atoms with van der Waals surface area (Å²) in [5.74, 6) is 1.43. The second-order valence-corrected chi connectivity index (χ2v) is 9.49. The molecule has 2 rings (SSSR count). The number of thiol groups is 1. The summed E-state index contributed by atoms with van der Waals surface area (Å²) in [5.41, 5.74) is -0.636. The van der Waals surface area contributed by atoms with Gasteiger partial charge in [-0.2, -0.15) is 12.6 Å². The Morgan fingerprint density at radius 1 is 1.21 bits per heavy atom. The van der Waals surface area contributed by atoms with E-state index in [1.54, 1.807) is 26.0 Å². The zero-order valence-corrected chi connectivity index (χ0v) is 18.1. The normalized spacial score (nSPS) is 17.8. The third-order valence-electron chi connectivity index (χ3n) is 4.96. The molecular weight excluding hydrogens is 376 g/mol. The Morgan fingerprint density at radius 2 is 1.89 bits per heavy atom. The molecule has 6 heteroatoms. The molecule has 0 spiro atoms. The van der Waals surface area contributed by atoms with Crippen LogP contribution in [0.4, 0.5) is 0 Å². The van der Waals surface area contributed by atoms with Crippen molar-refractivity contribution in [2.75, 3.05) is 13.2 Å². The van der Waals surface area contributed by atoms with E-state index in [2.05, 4.69) is 19.2 Å². The number of carbonyl (C=O) groups is 1. The van der Waals surface area contributed by atoms with E-state index in [0.29, 0.717) is 23.7 Å². The highest BCUT2D eigenvalue weighted by atomic mass is 32.1. The number of rotatable bonds is 7. The Bertz CT molecular complexity index is 772. The summed E-state index contributed by atoms with van der Waals surface area (Å²) in [6.07, 6.45) is 4.03. The monoisotopic (exact) mass is 406 g/mol. The van der Waals surface area contributed by atoms with Gasteiger partial charge in [-0.1, -0.05) is 27.4 Å². The fraction of sp³-hybridized carbons (Fsp3) is 0.500. The predicted molar refractivity (Wildman–Crippen MR) is 114 cm³/mol. The maximum absolute atomic E-state index is 12.3. The van der Waals surface area contributed by atoms with Gasteiger partial charge >= 0.3 is 5.97 Å². The Labute approximate surface area is 172 Å². The quantitative estimate of drug-likeness (QED) is 0.519. The van der Waals surface area contributed by atoms with Crippen LogP contribution in [0.25, 0.3) is 6.08 Å². The molecule has 2 atom stereocenters. The number of allylic oxidation sites excluding steroid dienone is 1. The number of esters is 1. The van der Waals surface area contributed by atoms with Gasteiger partial charge in [-0.3, -0.25) is 4.79 Å². The smallest absolute Gasteiger partial charge is 0.322 e. The molecule has 5 nitrogen and oxygen atoms in total. The molecule has 0 radical (unpaired) electrons. The van der Waals surface area contributed by atoms with E-state index in [9.17, 15) is 9.90 Å². The Kier molecular flexibility index (Phi) is 6.56. The van der Waals surface area contributed by atoms with Crippen LogP contribution < -0.4 is 9.47 Å². The zero-order valence-electron chi connectivity index (χ0n) is 17.2. The third-order valence-corrected chi connectivity index (χ3v) is 5.81. The van der Waals surface area contributed by atoms with Crippen LogP contribution in [0.5, 0.6) is 11.5 Å². The largest absolute Gasteiger partial charge is 0.493 e. The van der Waals surface area contributed by atoms with Gasteiger partial charge in [0.2, 0.25) is 0 Å². The average molecular weight is 407 g/mol. The maximum Gasteiger partial charge on any atom is 0.322 e. The first kappa shape index (κ1) is 22.4. The van der Waals surface area contributed by atoms with Crippen molar-refractivity contribution in [1.82, 2.24) is 0 Å². The lowest BCUT2D eigenvalue weighted by atomic mass is 9.81. The summed E-state index contributed by atoms with van der Waals surface area (Å²) < 4.78 is 15.7. The summed E-state index contributed by atoms with van der Waals surface area (Å²) in [7, 11) is 0. The topological polar surface area (TPSA) is 65.0 Å². The molecule has 0 amide bonds. The van der Waals surface area contributed by atoms with Gasteiger partial charge in [0.1, 0.15) is 28.6 Å². The van der Waals surface area contributed by atoms with E-state index in [1.165, 1.54) is 0 Å². The first-order chi connectivity index (χ1) is 12.8. The molecule has 0 aromatic heterocycles. The van der Waals surface area contributed by atoms with Gasteiger partial charge in [0.05, 0.1) is 12.2 Å². The highest BCUT2D eigenvalue weighted by molar-refractivity contribution is 7.82. The summed E-state index contributed by atoms with van der Waals surface area (Å²) in [5, 5.41) is 10.5. The number of fused-ring (bicyclic) bond motifs is 1. The van der Waals surface area contributed by atoms with E-state index < -0.39 is 16.3 Å². The van der Waals surface area contributed by atoms with Crippen LogP contribution in [-0.4, -0.2) is 34.6 Å². The summed E-state index contributed by atoms with van der Waals surface area (Å²) in [6.45, 7) is 13.0. The SMILES string of the molecule is C=C1C=Cc2ccc(OCCC(C)(O)COC(=O)C(C)(S)C(C)(C)C)cc2O1. The van der Waals surface area contributed by atoms with Crippen LogP contribution in [0.1, 0.15) is 46.6 Å². The molecule has 0 fully saturated rings. The van der Waals surface area contributed by atoms with Gasteiger partial charge in [0, 0.05) is 18.1 Å². The standard InChI is InChI=1S/C22H30O5S/c1-15-7-8-16-9-10-17(13-18(16)27-15)25-12-11-21(5,24)14-26-19(23)22(6,28)20(2,3)4/h7-10,13,24,28H,1,11-12,14H2,2-6H3. The van der Waals surface area contributed by atoms with Crippen LogP contribution in [0.15, 0.2) is 36.6 Å². The Morgan fingerprint density at radius 3 is 2.54 bits per heavy atom. The van der Waals surface area contributed by atoms with Crippen molar-refractivity contribution in [2.24, 2.45) is 5.41 Å². The molecule has 1 heterocycles. The maximum atomic E-state index is 12.3. The minimum atomic E-state index is -1.21. The minimum absolute atomic E-state index is 0.126. The van der Waals surface area contributed by atoms with Gasteiger partial charge in [0.15, 0.2) is 0 Å². The lowest BCUT2D eigenvalue weighted by molar-refractivity contribution is -0.156. The van der Waals surface area contributed by atoms with Crippen LogP contribution in [0, 0.1) is 5.41 Å². The van der Waals surface area contributed by atoms with E-state index in [-0.39, 0.29) is 18.6 Å². The van der Waals surface area contributed by atoms with Gasteiger partial charge < -0.3 is 19.3 Å². The first-order valence-electron chi connectivity index (χ1n) is 9.25. The van der Waals surface area contributed by atoms with Crippen molar-refractivity contribution in [2.45, 2.75) is 51.4 Å². The fourth-order valence-electron chi connectivity index (χ4n) is 2.32. The first-order valence-corrected chi connectivity index (χ1v) is 9.70. The molecule has 28 heavy (non-hydrogen) atoms. The number of hydrogen-bond donors (Lipinski definition) is 2. The van der Waals surface area contributed by atoms with E-state index in [0.717, 1.165) is 5.56 Å².